The molecule has 0 saturated heterocycles. The van der Waals surface area contributed by atoms with E-state index in [1.807, 2.05) is 0 Å². The summed E-state index contributed by atoms with van der Waals surface area (Å²) in [6, 6.07) is 1.46. The second kappa shape index (κ2) is 4.50. The molecule has 1 rings (SSSR count). The average Bonchev–Trinajstić information content (AvgIpc) is 2.17. The van der Waals surface area contributed by atoms with Crippen LogP contribution in [0.5, 0.6) is 11.5 Å². The van der Waals surface area contributed by atoms with E-state index < -0.39 is 12.0 Å². The Kier molecular flexibility index (Phi) is 3.54. The largest absolute Gasteiger partial charge is 0.508 e. The summed E-state index contributed by atoms with van der Waals surface area (Å²) < 4.78 is 5.50. The van der Waals surface area contributed by atoms with E-state index >= 15 is 0 Å². The number of aromatic hydroxyl groups is 1. The van der Waals surface area contributed by atoms with Gasteiger partial charge in [0.05, 0.1) is 11.6 Å². The number of rotatable bonds is 3. The van der Waals surface area contributed by atoms with Gasteiger partial charge < -0.3 is 20.7 Å². The van der Waals surface area contributed by atoms with E-state index in [9.17, 15) is 9.90 Å². The molecule has 0 amide bonds. The molecular formula is C9H10BrNO4. The molecule has 0 aromatic heterocycles. The zero-order valence-corrected chi connectivity index (χ0v) is 9.48. The third-order valence-electron chi connectivity index (χ3n) is 1.90. The first kappa shape index (κ1) is 11.8. The number of carboxylic acids is 1. The summed E-state index contributed by atoms with van der Waals surface area (Å²) in [7, 11) is 1.44. The number of carboxylic acid groups (broad SMARTS) is 1. The molecule has 0 heterocycles. The van der Waals surface area contributed by atoms with Crippen molar-refractivity contribution in [1.29, 1.82) is 0 Å². The predicted octanol–water partition coefficient (Wildman–Crippen LogP) is 1.25. The number of carbonyl (C=O) groups is 1. The molecule has 0 bridgehead atoms. The lowest BCUT2D eigenvalue weighted by Gasteiger charge is -2.12. The maximum Gasteiger partial charge on any atom is 0.325 e. The highest BCUT2D eigenvalue weighted by Gasteiger charge is 2.20. The molecule has 1 atom stereocenters. The number of phenolic OH excluding ortho intramolecular Hbond substituents is 1. The SMILES string of the molecule is COc1cc(C(N)C(=O)O)c(O)cc1Br. The lowest BCUT2D eigenvalue weighted by atomic mass is 10.1. The minimum atomic E-state index is -1.27. The number of methoxy groups -OCH3 is 1. The van der Waals surface area contributed by atoms with Crippen LogP contribution in [0.1, 0.15) is 11.6 Å². The summed E-state index contributed by atoms with van der Waals surface area (Å²) in [5, 5.41) is 18.2. The Hall–Kier alpha value is -1.27. The van der Waals surface area contributed by atoms with Crippen molar-refractivity contribution in [3.8, 4) is 11.5 Å². The molecule has 1 aromatic rings. The zero-order valence-electron chi connectivity index (χ0n) is 7.90. The van der Waals surface area contributed by atoms with Gasteiger partial charge in [0, 0.05) is 5.56 Å². The van der Waals surface area contributed by atoms with E-state index in [4.69, 9.17) is 15.6 Å². The monoisotopic (exact) mass is 275 g/mol. The van der Waals surface area contributed by atoms with E-state index in [1.54, 1.807) is 0 Å². The molecule has 4 N–H and O–H groups in total. The van der Waals surface area contributed by atoms with Crippen molar-refractivity contribution in [3.05, 3.63) is 22.2 Å². The van der Waals surface area contributed by atoms with Crippen molar-refractivity contribution in [1.82, 2.24) is 0 Å². The van der Waals surface area contributed by atoms with Crippen LogP contribution in [0.4, 0.5) is 0 Å². The molecule has 5 nitrogen and oxygen atoms in total. The van der Waals surface area contributed by atoms with Crippen LogP contribution in [0.2, 0.25) is 0 Å². The highest BCUT2D eigenvalue weighted by Crippen LogP contribution is 2.34. The molecular weight excluding hydrogens is 266 g/mol. The molecule has 15 heavy (non-hydrogen) atoms. The molecule has 0 aliphatic carbocycles. The Labute approximate surface area is 94.6 Å². The van der Waals surface area contributed by atoms with Gasteiger partial charge in [-0.25, -0.2) is 0 Å². The van der Waals surface area contributed by atoms with Crippen molar-refractivity contribution in [2.45, 2.75) is 6.04 Å². The second-order valence-electron chi connectivity index (χ2n) is 2.86. The summed E-state index contributed by atoms with van der Waals surface area (Å²) in [5.74, 6) is -0.980. The van der Waals surface area contributed by atoms with Gasteiger partial charge in [0.2, 0.25) is 0 Å². The van der Waals surface area contributed by atoms with Crippen LogP contribution in [0.25, 0.3) is 0 Å². The Bertz CT molecular complexity index is 394. The molecule has 1 unspecified atom stereocenters. The van der Waals surface area contributed by atoms with Gasteiger partial charge in [-0.3, -0.25) is 4.79 Å². The average molecular weight is 276 g/mol. The summed E-state index contributed by atoms with van der Waals surface area (Å²) >= 11 is 3.15. The molecule has 0 saturated carbocycles. The molecule has 82 valence electrons. The van der Waals surface area contributed by atoms with Crippen LogP contribution in [0.3, 0.4) is 0 Å². The summed E-state index contributed by atoms with van der Waals surface area (Å²) in [4.78, 5) is 10.6. The maximum absolute atomic E-state index is 10.6. The second-order valence-corrected chi connectivity index (χ2v) is 3.72. The lowest BCUT2D eigenvalue weighted by Crippen LogP contribution is -2.20. The van der Waals surface area contributed by atoms with Gasteiger partial charge in [0.15, 0.2) is 0 Å². The van der Waals surface area contributed by atoms with Crippen LogP contribution >= 0.6 is 15.9 Å². The van der Waals surface area contributed by atoms with Crippen LogP contribution < -0.4 is 10.5 Å². The number of aliphatic carboxylic acids is 1. The Morgan fingerprint density at radius 2 is 2.20 bits per heavy atom. The standard InChI is InChI=1S/C9H10BrNO4/c1-15-7-2-4(8(11)9(13)14)6(12)3-5(7)10/h2-3,8,12H,11H2,1H3,(H,13,14). The van der Waals surface area contributed by atoms with Crippen molar-refractivity contribution in [2.75, 3.05) is 7.11 Å². The molecule has 0 aliphatic rings. The van der Waals surface area contributed by atoms with Gasteiger partial charge in [-0.2, -0.15) is 0 Å². The van der Waals surface area contributed by atoms with Crippen LogP contribution in [-0.4, -0.2) is 23.3 Å². The normalized spacial score (nSPS) is 12.2. The van der Waals surface area contributed by atoms with Crippen LogP contribution in [-0.2, 0) is 4.79 Å². The Morgan fingerprint density at radius 1 is 1.60 bits per heavy atom. The van der Waals surface area contributed by atoms with Gasteiger partial charge in [-0.1, -0.05) is 0 Å². The molecule has 1 aromatic carbocycles. The van der Waals surface area contributed by atoms with Gasteiger partial charge in [-0.15, -0.1) is 0 Å². The first-order chi connectivity index (χ1) is 6.97. The number of hydrogen-bond acceptors (Lipinski definition) is 4. The smallest absolute Gasteiger partial charge is 0.325 e. The number of benzene rings is 1. The fourth-order valence-corrected chi connectivity index (χ4v) is 1.59. The number of nitrogens with two attached hydrogens (primary N) is 1. The molecule has 0 aliphatic heterocycles. The third-order valence-corrected chi connectivity index (χ3v) is 2.52. The fraction of sp³-hybridized carbons (Fsp3) is 0.222. The number of phenols is 1. The highest BCUT2D eigenvalue weighted by molar-refractivity contribution is 9.10. The molecule has 0 radical (unpaired) electrons. The van der Waals surface area contributed by atoms with E-state index in [-0.39, 0.29) is 11.3 Å². The Morgan fingerprint density at radius 3 is 2.67 bits per heavy atom. The number of ether oxygens (including phenoxy) is 1. The number of hydrogen-bond donors (Lipinski definition) is 3. The third kappa shape index (κ3) is 2.40. The van der Waals surface area contributed by atoms with Gasteiger partial charge >= 0.3 is 5.97 Å². The number of halogens is 1. The Balaban J connectivity index is 3.24. The van der Waals surface area contributed by atoms with Gasteiger partial charge in [0.25, 0.3) is 0 Å². The first-order valence-corrected chi connectivity index (χ1v) is 4.81. The van der Waals surface area contributed by atoms with Crippen molar-refractivity contribution in [2.24, 2.45) is 5.73 Å². The van der Waals surface area contributed by atoms with Crippen LogP contribution in [0, 0.1) is 0 Å². The summed E-state index contributed by atoms with van der Waals surface area (Å²) in [5.41, 5.74) is 5.50. The van der Waals surface area contributed by atoms with Crippen LogP contribution in [0.15, 0.2) is 16.6 Å². The lowest BCUT2D eigenvalue weighted by molar-refractivity contribution is -0.138. The van der Waals surface area contributed by atoms with E-state index in [0.717, 1.165) is 0 Å². The topological polar surface area (TPSA) is 92.8 Å². The molecule has 0 spiro atoms. The molecule has 0 fully saturated rings. The van der Waals surface area contributed by atoms with Crippen molar-refractivity contribution < 1.29 is 19.7 Å². The predicted molar refractivity (Wildman–Crippen MR) is 56.9 cm³/mol. The first-order valence-electron chi connectivity index (χ1n) is 4.02. The van der Waals surface area contributed by atoms with Crippen molar-refractivity contribution in [3.63, 3.8) is 0 Å². The van der Waals surface area contributed by atoms with E-state index in [0.29, 0.717) is 10.2 Å². The quantitative estimate of drug-likeness (QED) is 0.772. The maximum atomic E-state index is 10.6. The zero-order chi connectivity index (χ0) is 11.6. The fourth-order valence-electron chi connectivity index (χ4n) is 1.10. The van der Waals surface area contributed by atoms with Crippen molar-refractivity contribution >= 4 is 21.9 Å². The summed E-state index contributed by atoms with van der Waals surface area (Å²) in [6.45, 7) is 0. The highest BCUT2D eigenvalue weighted by atomic mass is 79.9. The van der Waals surface area contributed by atoms with Gasteiger partial charge in [0.1, 0.15) is 17.5 Å². The molecule has 6 heteroatoms. The van der Waals surface area contributed by atoms with E-state index in [2.05, 4.69) is 15.9 Å². The summed E-state index contributed by atoms with van der Waals surface area (Å²) in [6.07, 6.45) is 0. The van der Waals surface area contributed by atoms with Gasteiger partial charge in [-0.05, 0) is 28.1 Å². The minimum Gasteiger partial charge on any atom is -0.508 e. The minimum absolute atomic E-state index is 0.113. The van der Waals surface area contributed by atoms with E-state index in [1.165, 1.54) is 19.2 Å².